The lowest BCUT2D eigenvalue weighted by molar-refractivity contribution is 0.298. The Labute approximate surface area is 65.1 Å². The Balaban J connectivity index is 2.86. The largest absolute Gasteiger partial charge is 0.397 e. The summed E-state index contributed by atoms with van der Waals surface area (Å²) in [6.07, 6.45) is 0.511. The maximum absolute atomic E-state index is 8.57. The highest BCUT2D eigenvalue weighted by Crippen LogP contribution is 2.06. The molecule has 0 saturated heterocycles. The Morgan fingerprint density at radius 1 is 1.55 bits per heavy atom. The van der Waals surface area contributed by atoms with E-state index in [9.17, 15) is 0 Å². The van der Waals surface area contributed by atoms with Crippen LogP contribution in [0.4, 0.5) is 5.69 Å². The molecular formula is C7H11N3O. The number of nitrogen functional groups attached to an aromatic ring is 1. The molecule has 0 aliphatic carbocycles. The van der Waals surface area contributed by atoms with E-state index in [-0.39, 0.29) is 6.61 Å². The summed E-state index contributed by atoms with van der Waals surface area (Å²) in [5.74, 6) is 0. The van der Waals surface area contributed by atoms with E-state index in [2.05, 4.69) is 10.2 Å². The lowest BCUT2D eigenvalue weighted by Crippen LogP contribution is -2.01. The maximum atomic E-state index is 8.57. The Kier molecular flexibility index (Phi) is 2.38. The number of rotatable bonds is 2. The molecule has 0 bridgehead atoms. The summed E-state index contributed by atoms with van der Waals surface area (Å²) in [7, 11) is 0. The molecule has 4 heteroatoms. The predicted molar refractivity (Wildman–Crippen MR) is 42.0 cm³/mol. The summed E-state index contributed by atoms with van der Waals surface area (Å²) in [6, 6.07) is 1.73. The standard InChI is InChI=1S/C7H11N3O/c1-5-7(8)4-6(2-3-11)10-9-5/h4,11H,2-3H2,1H3,(H2,8,10). The number of aromatic nitrogens is 2. The predicted octanol–water partition coefficient (Wildman–Crippen LogP) is -0.0980. The third-order valence-electron chi connectivity index (χ3n) is 1.44. The van der Waals surface area contributed by atoms with E-state index >= 15 is 0 Å². The van der Waals surface area contributed by atoms with E-state index in [1.54, 1.807) is 13.0 Å². The Bertz CT molecular complexity index is 249. The van der Waals surface area contributed by atoms with Gasteiger partial charge in [0, 0.05) is 13.0 Å². The van der Waals surface area contributed by atoms with Crippen LogP contribution in [0.3, 0.4) is 0 Å². The second-order valence-corrected chi connectivity index (χ2v) is 2.35. The van der Waals surface area contributed by atoms with Gasteiger partial charge in [-0.1, -0.05) is 0 Å². The molecule has 1 heterocycles. The number of aliphatic hydroxyl groups excluding tert-OH is 1. The van der Waals surface area contributed by atoms with Crippen LogP contribution in [-0.4, -0.2) is 21.9 Å². The molecule has 0 radical (unpaired) electrons. The molecule has 0 saturated carbocycles. The zero-order valence-corrected chi connectivity index (χ0v) is 6.41. The van der Waals surface area contributed by atoms with Crippen molar-refractivity contribution in [1.29, 1.82) is 0 Å². The minimum atomic E-state index is 0.0805. The van der Waals surface area contributed by atoms with Crippen molar-refractivity contribution >= 4 is 5.69 Å². The van der Waals surface area contributed by atoms with Crippen LogP contribution in [0.2, 0.25) is 0 Å². The quantitative estimate of drug-likeness (QED) is 0.622. The number of aryl methyl sites for hydroxylation is 1. The Morgan fingerprint density at radius 2 is 2.27 bits per heavy atom. The first kappa shape index (κ1) is 7.94. The highest BCUT2D eigenvalue weighted by atomic mass is 16.3. The van der Waals surface area contributed by atoms with Crippen LogP contribution in [0.1, 0.15) is 11.4 Å². The van der Waals surface area contributed by atoms with Crippen LogP contribution in [0.5, 0.6) is 0 Å². The van der Waals surface area contributed by atoms with Gasteiger partial charge in [-0.25, -0.2) is 0 Å². The van der Waals surface area contributed by atoms with Crippen molar-refractivity contribution in [2.75, 3.05) is 12.3 Å². The maximum Gasteiger partial charge on any atom is 0.0829 e. The van der Waals surface area contributed by atoms with E-state index < -0.39 is 0 Å². The fourth-order valence-corrected chi connectivity index (χ4v) is 0.746. The summed E-state index contributed by atoms with van der Waals surface area (Å²) in [5.41, 5.74) is 7.66. The molecule has 1 aromatic heterocycles. The van der Waals surface area contributed by atoms with Crippen molar-refractivity contribution in [3.63, 3.8) is 0 Å². The first-order chi connectivity index (χ1) is 5.24. The van der Waals surface area contributed by atoms with Gasteiger partial charge >= 0.3 is 0 Å². The van der Waals surface area contributed by atoms with Crippen LogP contribution < -0.4 is 5.73 Å². The Hall–Kier alpha value is -1.16. The number of aliphatic hydroxyl groups is 1. The van der Waals surface area contributed by atoms with Crippen molar-refractivity contribution in [3.05, 3.63) is 17.5 Å². The molecule has 0 aliphatic heterocycles. The van der Waals surface area contributed by atoms with Crippen LogP contribution in [0, 0.1) is 6.92 Å². The SMILES string of the molecule is Cc1nnc(CCO)cc1N. The topological polar surface area (TPSA) is 72.0 Å². The molecule has 11 heavy (non-hydrogen) atoms. The van der Waals surface area contributed by atoms with Crippen LogP contribution in [0.25, 0.3) is 0 Å². The van der Waals surface area contributed by atoms with Gasteiger partial charge in [0.2, 0.25) is 0 Å². The second kappa shape index (κ2) is 3.30. The van der Waals surface area contributed by atoms with Gasteiger partial charge in [-0.3, -0.25) is 0 Å². The van der Waals surface area contributed by atoms with E-state index in [1.165, 1.54) is 0 Å². The van der Waals surface area contributed by atoms with Crippen molar-refractivity contribution in [2.45, 2.75) is 13.3 Å². The van der Waals surface area contributed by atoms with Crippen LogP contribution >= 0.6 is 0 Å². The molecule has 0 atom stereocenters. The van der Waals surface area contributed by atoms with Gasteiger partial charge in [0.15, 0.2) is 0 Å². The van der Waals surface area contributed by atoms with Gasteiger partial charge < -0.3 is 10.8 Å². The van der Waals surface area contributed by atoms with Gasteiger partial charge in [-0.2, -0.15) is 10.2 Å². The molecule has 60 valence electrons. The average Bonchev–Trinajstić information content (AvgIpc) is 1.98. The fraction of sp³-hybridized carbons (Fsp3) is 0.429. The van der Waals surface area contributed by atoms with Crippen molar-refractivity contribution in [2.24, 2.45) is 0 Å². The molecule has 0 aliphatic rings. The van der Waals surface area contributed by atoms with E-state index in [0.717, 1.165) is 11.4 Å². The summed E-state index contributed by atoms with van der Waals surface area (Å²) in [6.45, 7) is 1.88. The molecule has 0 unspecified atom stereocenters. The van der Waals surface area contributed by atoms with Gasteiger partial charge in [0.1, 0.15) is 0 Å². The van der Waals surface area contributed by atoms with Gasteiger partial charge in [0.05, 0.1) is 17.1 Å². The van der Waals surface area contributed by atoms with Crippen LogP contribution in [-0.2, 0) is 6.42 Å². The number of hydrogen-bond donors (Lipinski definition) is 2. The van der Waals surface area contributed by atoms with E-state index in [0.29, 0.717) is 12.1 Å². The molecule has 3 N–H and O–H groups in total. The lowest BCUT2D eigenvalue weighted by atomic mass is 10.2. The summed E-state index contributed by atoms with van der Waals surface area (Å²) in [4.78, 5) is 0. The summed E-state index contributed by atoms with van der Waals surface area (Å²) >= 11 is 0. The zero-order chi connectivity index (χ0) is 8.27. The molecule has 1 rings (SSSR count). The number of nitrogens with zero attached hydrogens (tertiary/aromatic N) is 2. The minimum absolute atomic E-state index is 0.0805. The van der Waals surface area contributed by atoms with Gasteiger partial charge in [-0.05, 0) is 13.0 Å². The van der Waals surface area contributed by atoms with E-state index in [4.69, 9.17) is 10.8 Å². The average molecular weight is 153 g/mol. The Morgan fingerprint density at radius 3 is 2.82 bits per heavy atom. The van der Waals surface area contributed by atoms with Crippen molar-refractivity contribution in [3.8, 4) is 0 Å². The molecule has 0 spiro atoms. The molecule has 4 nitrogen and oxygen atoms in total. The fourth-order valence-electron chi connectivity index (χ4n) is 0.746. The van der Waals surface area contributed by atoms with Crippen LogP contribution in [0.15, 0.2) is 6.07 Å². The highest BCUT2D eigenvalue weighted by Gasteiger charge is 1.98. The van der Waals surface area contributed by atoms with Gasteiger partial charge in [-0.15, -0.1) is 0 Å². The summed E-state index contributed by atoms with van der Waals surface area (Å²) < 4.78 is 0. The van der Waals surface area contributed by atoms with Gasteiger partial charge in [0.25, 0.3) is 0 Å². The normalized spacial score (nSPS) is 10.0. The molecular weight excluding hydrogens is 142 g/mol. The molecule has 1 aromatic rings. The first-order valence-corrected chi connectivity index (χ1v) is 3.43. The summed E-state index contributed by atoms with van der Waals surface area (Å²) in [5, 5.41) is 16.2. The van der Waals surface area contributed by atoms with E-state index in [1.807, 2.05) is 0 Å². The molecule has 0 fully saturated rings. The van der Waals surface area contributed by atoms with Crippen molar-refractivity contribution < 1.29 is 5.11 Å². The van der Waals surface area contributed by atoms with Crippen molar-refractivity contribution in [1.82, 2.24) is 10.2 Å². The minimum Gasteiger partial charge on any atom is -0.397 e. The lowest BCUT2D eigenvalue weighted by Gasteiger charge is -1.99. The zero-order valence-electron chi connectivity index (χ0n) is 6.41. The number of hydrogen-bond acceptors (Lipinski definition) is 4. The third kappa shape index (κ3) is 1.88. The third-order valence-corrected chi connectivity index (χ3v) is 1.44. The smallest absolute Gasteiger partial charge is 0.0829 e. The molecule has 0 amide bonds. The number of anilines is 1. The second-order valence-electron chi connectivity index (χ2n) is 2.35. The molecule has 0 aromatic carbocycles. The first-order valence-electron chi connectivity index (χ1n) is 3.43. The number of nitrogens with two attached hydrogens (primary N) is 1. The highest BCUT2D eigenvalue weighted by molar-refractivity contribution is 5.41. The monoisotopic (exact) mass is 153 g/mol.